The average molecular weight is 831 g/mol. The summed E-state index contributed by atoms with van der Waals surface area (Å²) in [6.45, 7) is 19.2. The van der Waals surface area contributed by atoms with Crippen LogP contribution in [0, 0.1) is 0 Å². The van der Waals surface area contributed by atoms with Gasteiger partial charge in [-0.3, -0.25) is 0 Å². The van der Waals surface area contributed by atoms with Crippen LogP contribution in [0.25, 0.3) is 77.2 Å². The van der Waals surface area contributed by atoms with Gasteiger partial charge < -0.3 is 9.13 Å². The van der Waals surface area contributed by atoms with Crippen LogP contribution >= 0.6 is 0 Å². The molecule has 10 aromatic rings. The second-order valence-corrected chi connectivity index (χ2v) is 25.2. The van der Waals surface area contributed by atoms with Crippen molar-refractivity contribution in [2.45, 2.75) is 78.3 Å². The van der Waals surface area contributed by atoms with E-state index in [0.717, 1.165) is 12.8 Å². The largest absolute Gasteiger partial charge is 0.309 e. The molecule has 0 saturated heterocycles. The van der Waals surface area contributed by atoms with Crippen molar-refractivity contribution in [1.29, 1.82) is 0 Å². The van der Waals surface area contributed by atoms with Crippen LogP contribution in [-0.4, -0.2) is 17.2 Å². The molecule has 2 aromatic heterocycles. The van der Waals surface area contributed by atoms with Crippen molar-refractivity contribution >= 4 is 62.1 Å². The van der Waals surface area contributed by atoms with Gasteiger partial charge in [-0.1, -0.05) is 162 Å². The molecule has 0 radical (unpaired) electrons. The van der Waals surface area contributed by atoms with Crippen molar-refractivity contribution in [2.75, 3.05) is 0 Å². The van der Waals surface area contributed by atoms with Crippen LogP contribution in [0.4, 0.5) is 0 Å². The number of hydrogen-bond acceptors (Lipinski definition) is 0. The van der Waals surface area contributed by atoms with E-state index in [1.807, 2.05) is 0 Å². The SMILES string of the molecule is CC(C)(C)c1ccc2c(c1)c1c3c(ccc1n2-c1ccccc1)-c1cccc([Si](C)(C)c2cccc4c2Cc2c-4ccc4c2c2cc(C(C)(C)C)ccc2n4-c2ccccc2)c1C3. The van der Waals surface area contributed by atoms with Crippen LogP contribution in [0.2, 0.25) is 13.1 Å². The number of para-hydroxylation sites is 2. The lowest BCUT2D eigenvalue weighted by Gasteiger charge is -2.29. The zero-order valence-corrected chi connectivity index (χ0v) is 38.8. The molecular weight excluding hydrogens is 777 g/mol. The molecule has 2 aliphatic rings. The summed E-state index contributed by atoms with van der Waals surface area (Å²) in [4.78, 5) is 0. The van der Waals surface area contributed by atoms with Gasteiger partial charge in [-0.15, -0.1) is 0 Å². The minimum absolute atomic E-state index is 0.0504. The lowest BCUT2D eigenvalue weighted by molar-refractivity contribution is 0.591. The Labute approximate surface area is 372 Å². The van der Waals surface area contributed by atoms with E-state index in [-0.39, 0.29) is 10.8 Å². The maximum absolute atomic E-state index is 2.61. The fraction of sp³-hybridized carbons (Fsp3) is 0.200. The van der Waals surface area contributed by atoms with Gasteiger partial charge >= 0.3 is 0 Å². The molecule has 308 valence electrons. The summed E-state index contributed by atoms with van der Waals surface area (Å²) in [5.74, 6) is 0. The summed E-state index contributed by atoms with van der Waals surface area (Å²) in [6.07, 6.45) is 1.90. The van der Waals surface area contributed by atoms with E-state index in [4.69, 9.17) is 0 Å². The van der Waals surface area contributed by atoms with Crippen molar-refractivity contribution in [3.8, 4) is 33.6 Å². The van der Waals surface area contributed by atoms with Gasteiger partial charge in [0, 0.05) is 32.9 Å². The van der Waals surface area contributed by atoms with E-state index in [2.05, 4.69) is 221 Å². The van der Waals surface area contributed by atoms with Gasteiger partial charge in [-0.25, -0.2) is 0 Å². The van der Waals surface area contributed by atoms with Gasteiger partial charge in [0.25, 0.3) is 0 Å². The molecule has 2 aliphatic carbocycles. The zero-order chi connectivity index (χ0) is 43.2. The summed E-state index contributed by atoms with van der Waals surface area (Å²) in [5, 5.41) is 8.66. The van der Waals surface area contributed by atoms with E-state index in [9.17, 15) is 0 Å². The van der Waals surface area contributed by atoms with Crippen LogP contribution in [-0.2, 0) is 23.7 Å². The van der Waals surface area contributed by atoms with Crippen molar-refractivity contribution in [3.05, 3.63) is 191 Å². The van der Waals surface area contributed by atoms with Crippen LogP contribution < -0.4 is 10.4 Å². The maximum atomic E-state index is 2.61. The molecule has 2 nitrogen and oxygen atoms in total. The standard InChI is InChI=1S/C60H54N2Si/c1-59(2,3)37-25-29-51-49(33-37)57-47-35-45-41(43(47)27-31-53(57)61(51)39-17-11-9-12-18-39)21-15-23-55(45)63(7,8)56-24-16-22-42-44-28-32-54-58(48(44)36-46(42)56)50-34-38(60(4,5)6)26-30-52(50)62(54)40-19-13-10-14-20-40/h9-34H,35-36H2,1-8H3. The topological polar surface area (TPSA) is 9.86 Å². The first-order chi connectivity index (χ1) is 30.3. The Morgan fingerprint density at radius 2 is 0.762 bits per heavy atom. The predicted molar refractivity (Wildman–Crippen MR) is 272 cm³/mol. The van der Waals surface area contributed by atoms with Crippen LogP contribution in [0.5, 0.6) is 0 Å². The minimum Gasteiger partial charge on any atom is -0.309 e. The fourth-order valence-electron chi connectivity index (χ4n) is 11.6. The first-order valence-corrected chi connectivity index (χ1v) is 25.9. The highest BCUT2D eigenvalue weighted by Crippen LogP contribution is 2.48. The van der Waals surface area contributed by atoms with E-state index >= 15 is 0 Å². The number of hydrogen-bond donors (Lipinski definition) is 0. The molecule has 0 aliphatic heterocycles. The van der Waals surface area contributed by atoms with E-state index in [1.54, 1.807) is 10.4 Å². The summed E-state index contributed by atoms with van der Waals surface area (Å²) in [7, 11) is -2.26. The number of benzene rings is 8. The number of rotatable bonds is 4. The quantitative estimate of drug-likeness (QED) is 0.156. The molecule has 63 heavy (non-hydrogen) atoms. The molecule has 0 fully saturated rings. The number of fused-ring (bicyclic) bond motifs is 14. The highest BCUT2D eigenvalue weighted by atomic mass is 28.3. The zero-order valence-electron chi connectivity index (χ0n) is 37.8. The Bertz CT molecular complexity index is 3300. The van der Waals surface area contributed by atoms with Crippen LogP contribution in [0.1, 0.15) is 74.9 Å². The van der Waals surface area contributed by atoms with Gasteiger partial charge in [0.1, 0.15) is 8.07 Å². The van der Waals surface area contributed by atoms with Gasteiger partial charge in [0.05, 0.1) is 22.1 Å². The minimum atomic E-state index is -2.26. The Balaban J connectivity index is 1.01. The summed E-state index contributed by atoms with van der Waals surface area (Å²) < 4.78 is 4.98. The number of aromatic nitrogens is 2. The van der Waals surface area contributed by atoms with Gasteiger partial charge in [-0.2, -0.15) is 0 Å². The van der Waals surface area contributed by atoms with Crippen molar-refractivity contribution in [1.82, 2.24) is 9.13 Å². The lowest BCUT2D eigenvalue weighted by atomic mass is 9.86. The third-order valence-electron chi connectivity index (χ3n) is 14.8. The van der Waals surface area contributed by atoms with Crippen LogP contribution in [0.15, 0.2) is 158 Å². The van der Waals surface area contributed by atoms with Crippen molar-refractivity contribution in [3.63, 3.8) is 0 Å². The van der Waals surface area contributed by atoms with Crippen LogP contribution in [0.3, 0.4) is 0 Å². The Morgan fingerprint density at radius 3 is 1.16 bits per heavy atom. The first kappa shape index (κ1) is 38.3. The second-order valence-electron chi connectivity index (χ2n) is 20.9. The molecular formula is C60H54N2Si. The smallest absolute Gasteiger partial charge is 0.113 e. The third-order valence-corrected chi connectivity index (χ3v) is 18.5. The highest BCUT2D eigenvalue weighted by Gasteiger charge is 2.37. The molecule has 2 heterocycles. The Kier molecular flexibility index (Phi) is 8.08. The molecule has 0 amide bonds. The molecule has 0 spiro atoms. The Morgan fingerprint density at radius 1 is 0.381 bits per heavy atom. The lowest BCUT2D eigenvalue weighted by Crippen LogP contribution is -2.55. The molecule has 0 N–H and O–H groups in total. The van der Waals surface area contributed by atoms with E-state index in [0.29, 0.717) is 0 Å². The van der Waals surface area contributed by atoms with Gasteiger partial charge in [0.2, 0.25) is 0 Å². The maximum Gasteiger partial charge on any atom is 0.113 e. The fourth-order valence-corrected chi connectivity index (χ4v) is 14.9. The second kappa shape index (κ2) is 13.3. The average Bonchev–Trinajstić information content (AvgIpc) is 4.03. The van der Waals surface area contributed by atoms with Crippen molar-refractivity contribution in [2.24, 2.45) is 0 Å². The molecule has 0 unspecified atom stereocenters. The Hall–Kier alpha value is -6.42. The van der Waals surface area contributed by atoms with E-state index in [1.165, 1.54) is 111 Å². The summed E-state index contributed by atoms with van der Waals surface area (Å²) >= 11 is 0. The van der Waals surface area contributed by atoms with Gasteiger partial charge in [0.15, 0.2) is 0 Å². The molecule has 0 atom stereocenters. The normalized spacial score (nSPS) is 13.6. The van der Waals surface area contributed by atoms with Gasteiger partial charge in [-0.05, 0) is 140 Å². The monoisotopic (exact) mass is 830 g/mol. The highest BCUT2D eigenvalue weighted by molar-refractivity contribution is 7.01. The van der Waals surface area contributed by atoms with E-state index < -0.39 is 8.07 Å². The molecule has 0 saturated carbocycles. The molecule has 8 aromatic carbocycles. The summed E-state index contributed by atoms with van der Waals surface area (Å²) in [6, 6.07) is 60.3. The van der Waals surface area contributed by atoms with Crippen molar-refractivity contribution < 1.29 is 0 Å². The molecule has 12 rings (SSSR count). The molecule has 3 heteroatoms. The first-order valence-electron chi connectivity index (χ1n) is 22.9. The summed E-state index contributed by atoms with van der Waals surface area (Å²) in [5.41, 5.74) is 22.0. The molecule has 0 bridgehead atoms. The number of nitrogens with zero attached hydrogens (tertiary/aromatic N) is 2. The third kappa shape index (κ3) is 5.55. The predicted octanol–water partition coefficient (Wildman–Crippen LogP) is 14.4.